The first-order valence-corrected chi connectivity index (χ1v) is 8.41. The average Bonchev–Trinajstić information content (AvgIpc) is 3.00. The van der Waals surface area contributed by atoms with Crippen LogP contribution in [-0.4, -0.2) is 12.5 Å². The molecule has 0 saturated heterocycles. The molecular weight excluding hydrogens is 354 g/mol. The fraction of sp³-hybridized carbons (Fsp3) is 0.211. The maximum atomic E-state index is 12.1. The van der Waals surface area contributed by atoms with Crippen molar-refractivity contribution in [2.24, 2.45) is 0 Å². The van der Waals surface area contributed by atoms with Crippen LogP contribution in [0.4, 0.5) is 0 Å². The Morgan fingerprint density at radius 2 is 2.17 bits per heavy atom. The summed E-state index contributed by atoms with van der Waals surface area (Å²) in [5.41, 5.74) is 3.29. The van der Waals surface area contributed by atoms with Crippen LogP contribution in [0.2, 0.25) is 0 Å². The molecule has 1 atom stereocenters. The number of carbonyl (C=O) groups is 1. The molecule has 0 saturated carbocycles. The lowest BCUT2D eigenvalue weighted by molar-refractivity contribution is -0.117. The maximum Gasteiger partial charge on any atom is 0.244 e. The second kappa shape index (κ2) is 7.01. The van der Waals surface area contributed by atoms with Crippen LogP contribution in [0.25, 0.3) is 6.08 Å². The zero-order chi connectivity index (χ0) is 16.2. The lowest BCUT2D eigenvalue weighted by Crippen LogP contribution is -2.24. The van der Waals surface area contributed by atoms with Gasteiger partial charge in [-0.05, 0) is 54.0 Å². The molecule has 0 radical (unpaired) electrons. The van der Waals surface area contributed by atoms with Crippen LogP contribution in [0.15, 0.2) is 53.0 Å². The fourth-order valence-corrected chi connectivity index (χ4v) is 3.02. The zero-order valence-corrected chi connectivity index (χ0v) is 14.5. The van der Waals surface area contributed by atoms with E-state index in [1.807, 2.05) is 49.4 Å². The molecule has 1 unspecified atom stereocenters. The predicted molar refractivity (Wildman–Crippen MR) is 95.4 cm³/mol. The molecule has 1 N–H and O–H groups in total. The minimum atomic E-state index is -0.103. The van der Waals surface area contributed by atoms with Gasteiger partial charge in [-0.25, -0.2) is 0 Å². The number of amides is 1. The second-order valence-corrected chi connectivity index (χ2v) is 6.50. The first-order valence-electron chi connectivity index (χ1n) is 7.61. The van der Waals surface area contributed by atoms with Crippen molar-refractivity contribution >= 4 is 27.9 Å². The number of hydrogen-bond donors (Lipinski definition) is 1. The first kappa shape index (κ1) is 15.8. The number of hydrogen-bond acceptors (Lipinski definition) is 2. The highest BCUT2D eigenvalue weighted by atomic mass is 79.9. The summed E-state index contributed by atoms with van der Waals surface area (Å²) >= 11 is 3.42. The molecule has 0 bridgehead atoms. The van der Waals surface area contributed by atoms with Gasteiger partial charge in [0.1, 0.15) is 5.75 Å². The summed E-state index contributed by atoms with van der Waals surface area (Å²) in [5, 5.41) is 2.99. The number of rotatable bonds is 4. The van der Waals surface area contributed by atoms with E-state index < -0.39 is 0 Å². The van der Waals surface area contributed by atoms with Gasteiger partial charge >= 0.3 is 0 Å². The van der Waals surface area contributed by atoms with Crippen LogP contribution < -0.4 is 10.1 Å². The van der Waals surface area contributed by atoms with E-state index in [0.717, 1.165) is 34.4 Å². The minimum absolute atomic E-state index is 0.0411. The van der Waals surface area contributed by atoms with Crippen molar-refractivity contribution in [3.8, 4) is 5.75 Å². The highest BCUT2D eigenvalue weighted by Gasteiger charge is 2.15. The van der Waals surface area contributed by atoms with E-state index in [4.69, 9.17) is 4.74 Å². The number of carbonyl (C=O) groups excluding carboxylic acids is 1. The van der Waals surface area contributed by atoms with Gasteiger partial charge < -0.3 is 10.1 Å². The van der Waals surface area contributed by atoms with Crippen molar-refractivity contribution in [1.82, 2.24) is 5.32 Å². The van der Waals surface area contributed by atoms with Gasteiger partial charge in [0.2, 0.25) is 5.91 Å². The summed E-state index contributed by atoms with van der Waals surface area (Å²) in [4.78, 5) is 12.1. The Balaban J connectivity index is 1.63. The Morgan fingerprint density at radius 3 is 3.00 bits per heavy atom. The van der Waals surface area contributed by atoms with Crippen molar-refractivity contribution in [3.05, 3.63) is 69.7 Å². The van der Waals surface area contributed by atoms with Crippen LogP contribution in [0, 0.1) is 0 Å². The molecule has 4 heteroatoms. The van der Waals surface area contributed by atoms with Gasteiger partial charge in [-0.3, -0.25) is 4.79 Å². The third kappa shape index (κ3) is 4.02. The van der Waals surface area contributed by atoms with Crippen LogP contribution in [-0.2, 0) is 11.2 Å². The van der Waals surface area contributed by atoms with Gasteiger partial charge in [0.15, 0.2) is 0 Å². The normalized spacial score (nSPS) is 14.3. The Hall–Kier alpha value is -2.07. The Bertz CT molecular complexity index is 755. The van der Waals surface area contributed by atoms with Crippen molar-refractivity contribution in [2.45, 2.75) is 19.4 Å². The van der Waals surface area contributed by atoms with Gasteiger partial charge in [0, 0.05) is 17.0 Å². The molecule has 3 rings (SSSR count). The van der Waals surface area contributed by atoms with Crippen LogP contribution >= 0.6 is 15.9 Å². The third-order valence-electron chi connectivity index (χ3n) is 3.85. The molecule has 2 aromatic rings. The van der Waals surface area contributed by atoms with Gasteiger partial charge in [-0.15, -0.1) is 0 Å². The summed E-state index contributed by atoms with van der Waals surface area (Å²) < 4.78 is 6.50. The molecule has 2 aromatic carbocycles. The van der Waals surface area contributed by atoms with Crippen molar-refractivity contribution in [3.63, 3.8) is 0 Å². The van der Waals surface area contributed by atoms with Gasteiger partial charge in [0.25, 0.3) is 0 Å². The lowest BCUT2D eigenvalue weighted by Gasteiger charge is -2.14. The molecule has 0 fully saturated rings. The maximum absolute atomic E-state index is 12.1. The average molecular weight is 372 g/mol. The minimum Gasteiger partial charge on any atom is -0.493 e. The quantitative estimate of drug-likeness (QED) is 0.814. The van der Waals surface area contributed by atoms with Gasteiger partial charge in [-0.1, -0.05) is 34.1 Å². The van der Waals surface area contributed by atoms with E-state index >= 15 is 0 Å². The monoisotopic (exact) mass is 371 g/mol. The number of fused-ring (bicyclic) bond motifs is 1. The van der Waals surface area contributed by atoms with E-state index in [2.05, 4.69) is 27.3 Å². The second-order valence-electron chi connectivity index (χ2n) is 5.58. The molecule has 1 aliphatic heterocycles. The summed E-state index contributed by atoms with van der Waals surface area (Å²) in [6, 6.07) is 13.9. The van der Waals surface area contributed by atoms with Crippen molar-refractivity contribution in [2.75, 3.05) is 6.61 Å². The third-order valence-corrected chi connectivity index (χ3v) is 4.34. The largest absolute Gasteiger partial charge is 0.493 e. The number of benzene rings is 2. The standard InChI is InChI=1S/C19H18BrNO2/c1-13(15-6-7-18-16(12-15)9-10-23-18)21-19(22)8-5-14-3-2-4-17(20)11-14/h2-8,11-13H,9-10H2,1H3,(H,21,22)/b8-5+. The molecule has 0 aromatic heterocycles. The molecule has 1 amide bonds. The fourth-order valence-electron chi connectivity index (χ4n) is 2.60. The first-order chi connectivity index (χ1) is 11.1. The Morgan fingerprint density at radius 1 is 1.30 bits per heavy atom. The Labute approximate surface area is 144 Å². The highest BCUT2D eigenvalue weighted by molar-refractivity contribution is 9.10. The van der Waals surface area contributed by atoms with E-state index in [1.54, 1.807) is 6.08 Å². The molecular formula is C19H18BrNO2. The molecule has 118 valence electrons. The summed E-state index contributed by atoms with van der Waals surface area (Å²) in [6.45, 7) is 2.73. The number of halogens is 1. The SMILES string of the molecule is CC(NC(=O)/C=C/c1cccc(Br)c1)c1ccc2c(c1)CCO2. The number of ether oxygens (including phenoxy) is 1. The van der Waals surface area contributed by atoms with Crippen molar-refractivity contribution < 1.29 is 9.53 Å². The lowest BCUT2D eigenvalue weighted by atomic mass is 10.0. The zero-order valence-electron chi connectivity index (χ0n) is 12.9. The van der Waals surface area contributed by atoms with E-state index in [0.29, 0.717) is 0 Å². The van der Waals surface area contributed by atoms with E-state index in [9.17, 15) is 4.79 Å². The smallest absolute Gasteiger partial charge is 0.244 e. The predicted octanol–water partition coefficient (Wildman–Crippen LogP) is 4.27. The van der Waals surface area contributed by atoms with E-state index in [-0.39, 0.29) is 11.9 Å². The molecule has 1 aliphatic rings. The number of nitrogens with one attached hydrogen (secondary N) is 1. The van der Waals surface area contributed by atoms with Crippen molar-refractivity contribution in [1.29, 1.82) is 0 Å². The van der Waals surface area contributed by atoms with Crippen LogP contribution in [0.3, 0.4) is 0 Å². The topological polar surface area (TPSA) is 38.3 Å². The van der Waals surface area contributed by atoms with Crippen LogP contribution in [0.5, 0.6) is 5.75 Å². The molecule has 0 aliphatic carbocycles. The molecule has 3 nitrogen and oxygen atoms in total. The van der Waals surface area contributed by atoms with Gasteiger partial charge in [-0.2, -0.15) is 0 Å². The highest BCUT2D eigenvalue weighted by Crippen LogP contribution is 2.28. The summed E-state index contributed by atoms with van der Waals surface area (Å²) in [7, 11) is 0. The Kier molecular flexibility index (Phi) is 4.82. The molecule has 0 spiro atoms. The van der Waals surface area contributed by atoms with Crippen LogP contribution in [0.1, 0.15) is 29.7 Å². The summed E-state index contributed by atoms with van der Waals surface area (Å²) in [5.74, 6) is 0.857. The summed E-state index contributed by atoms with van der Waals surface area (Å²) in [6.07, 6.45) is 4.31. The molecule has 1 heterocycles. The van der Waals surface area contributed by atoms with E-state index in [1.165, 1.54) is 5.56 Å². The molecule has 23 heavy (non-hydrogen) atoms. The van der Waals surface area contributed by atoms with Gasteiger partial charge in [0.05, 0.1) is 12.6 Å².